The molecule has 1 aromatic heterocycles. The number of aromatic nitrogens is 1. The first-order valence-electron chi connectivity index (χ1n) is 6.88. The fraction of sp³-hybridized carbons (Fsp3) is 0.250. The molecule has 0 unspecified atom stereocenters. The average molecular weight is 267 g/mol. The molecule has 102 valence electrons. The summed E-state index contributed by atoms with van der Waals surface area (Å²) in [4.78, 5) is 18.4. The number of carbonyl (C=O) groups is 1. The maximum Gasteiger partial charge on any atom is 0.258 e. The monoisotopic (exact) mass is 267 g/mol. The Hall–Kier alpha value is -2.36. The van der Waals surface area contributed by atoms with Crippen molar-refractivity contribution in [1.29, 1.82) is 0 Å². The van der Waals surface area contributed by atoms with Crippen molar-refractivity contribution in [3.8, 4) is 0 Å². The van der Waals surface area contributed by atoms with E-state index in [2.05, 4.69) is 10.3 Å². The summed E-state index contributed by atoms with van der Waals surface area (Å²) in [7, 11) is 0. The van der Waals surface area contributed by atoms with E-state index >= 15 is 0 Å². The zero-order chi connectivity index (χ0) is 13.9. The minimum atomic E-state index is 0.0356. The molecule has 0 saturated heterocycles. The van der Waals surface area contributed by atoms with E-state index in [1.165, 1.54) is 5.56 Å². The summed E-state index contributed by atoms with van der Waals surface area (Å²) in [6.07, 6.45) is 4.40. The number of fused-ring (bicyclic) bond motifs is 1. The Morgan fingerprint density at radius 1 is 1.30 bits per heavy atom. The predicted octanol–water partition coefficient (Wildman–Crippen LogP) is 2.72. The maximum atomic E-state index is 12.7. The molecule has 0 bridgehead atoms. The number of amides is 1. The van der Waals surface area contributed by atoms with Gasteiger partial charge in [0.1, 0.15) is 0 Å². The van der Waals surface area contributed by atoms with Crippen molar-refractivity contribution in [3.05, 3.63) is 53.9 Å². The third-order valence-corrected chi connectivity index (χ3v) is 3.60. The summed E-state index contributed by atoms with van der Waals surface area (Å²) >= 11 is 0. The van der Waals surface area contributed by atoms with Gasteiger partial charge in [0.2, 0.25) is 0 Å². The van der Waals surface area contributed by atoms with E-state index in [1.54, 1.807) is 17.3 Å². The first-order valence-corrected chi connectivity index (χ1v) is 6.88. The number of carbonyl (C=O) groups excluding carboxylic acids is 1. The van der Waals surface area contributed by atoms with Gasteiger partial charge in [-0.3, -0.25) is 9.78 Å². The minimum absolute atomic E-state index is 0.0356. The lowest BCUT2D eigenvalue weighted by Crippen LogP contribution is -2.30. The molecule has 4 nitrogen and oxygen atoms in total. The molecule has 0 saturated carbocycles. The van der Waals surface area contributed by atoms with Gasteiger partial charge in [0, 0.05) is 42.4 Å². The van der Waals surface area contributed by atoms with Gasteiger partial charge in [0.25, 0.3) is 5.91 Å². The number of hydrogen-bond donors (Lipinski definition) is 1. The first kappa shape index (κ1) is 12.7. The van der Waals surface area contributed by atoms with Crippen LogP contribution in [0.3, 0.4) is 0 Å². The van der Waals surface area contributed by atoms with Gasteiger partial charge in [-0.15, -0.1) is 0 Å². The molecule has 2 aromatic rings. The van der Waals surface area contributed by atoms with Gasteiger partial charge in [-0.2, -0.15) is 0 Å². The Labute approximate surface area is 118 Å². The van der Waals surface area contributed by atoms with E-state index in [1.807, 2.05) is 37.3 Å². The first-order chi connectivity index (χ1) is 9.79. The van der Waals surface area contributed by atoms with E-state index in [0.717, 1.165) is 29.9 Å². The van der Waals surface area contributed by atoms with Crippen LogP contribution in [0.4, 0.5) is 11.4 Å². The van der Waals surface area contributed by atoms with E-state index in [4.69, 9.17) is 0 Å². The molecule has 20 heavy (non-hydrogen) atoms. The second-order valence-electron chi connectivity index (χ2n) is 4.80. The summed E-state index contributed by atoms with van der Waals surface area (Å²) in [5.74, 6) is 0.0356. The molecule has 1 aliphatic heterocycles. The Morgan fingerprint density at radius 2 is 2.10 bits per heavy atom. The molecule has 3 rings (SSSR count). The van der Waals surface area contributed by atoms with Gasteiger partial charge < -0.3 is 10.2 Å². The lowest BCUT2D eigenvalue weighted by Gasteiger charge is -2.21. The van der Waals surface area contributed by atoms with Crippen molar-refractivity contribution >= 4 is 17.3 Å². The maximum absolute atomic E-state index is 12.7. The summed E-state index contributed by atoms with van der Waals surface area (Å²) in [6.45, 7) is 3.57. The van der Waals surface area contributed by atoms with Gasteiger partial charge >= 0.3 is 0 Å². The highest BCUT2D eigenvalue weighted by Gasteiger charge is 2.18. The number of nitrogens with one attached hydrogen (secondary N) is 1. The number of anilines is 2. The average Bonchev–Trinajstić information content (AvgIpc) is 2.96. The van der Waals surface area contributed by atoms with Crippen LogP contribution < -0.4 is 10.2 Å². The molecule has 1 amide bonds. The summed E-state index contributed by atoms with van der Waals surface area (Å²) in [6, 6.07) is 9.60. The Morgan fingerprint density at radius 3 is 2.85 bits per heavy atom. The fourth-order valence-electron chi connectivity index (χ4n) is 2.56. The van der Waals surface area contributed by atoms with Crippen LogP contribution in [-0.4, -0.2) is 24.0 Å². The molecule has 1 N–H and O–H groups in total. The van der Waals surface area contributed by atoms with Crippen molar-refractivity contribution in [3.63, 3.8) is 0 Å². The van der Waals surface area contributed by atoms with Crippen LogP contribution >= 0.6 is 0 Å². The van der Waals surface area contributed by atoms with Crippen molar-refractivity contribution in [2.24, 2.45) is 0 Å². The van der Waals surface area contributed by atoms with Crippen LogP contribution in [0, 0.1) is 0 Å². The number of hydrogen-bond acceptors (Lipinski definition) is 3. The molecule has 1 aromatic carbocycles. The zero-order valence-corrected chi connectivity index (χ0v) is 11.5. The van der Waals surface area contributed by atoms with Crippen molar-refractivity contribution < 1.29 is 4.79 Å². The Kier molecular flexibility index (Phi) is 3.37. The second kappa shape index (κ2) is 5.33. The van der Waals surface area contributed by atoms with Gasteiger partial charge in [-0.05, 0) is 49.2 Å². The quantitative estimate of drug-likeness (QED) is 0.930. The van der Waals surface area contributed by atoms with Crippen LogP contribution in [0.25, 0.3) is 0 Å². The lowest BCUT2D eigenvalue weighted by molar-refractivity contribution is 0.0988. The summed E-state index contributed by atoms with van der Waals surface area (Å²) < 4.78 is 0. The molecule has 0 spiro atoms. The number of rotatable bonds is 3. The fourth-order valence-corrected chi connectivity index (χ4v) is 2.56. The molecule has 1 aliphatic rings. The van der Waals surface area contributed by atoms with Crippen LogP contribution in [0.5, 0.6) is 0 Å². The molecule has 4 heteroatoms. The van der Waals surface area contributed by atoms with Crippen LogP contribution in [0.1, 0.15) is 22.8 Å². The van der Waals surface area contributed by atoms with Gasteiger partial charge in [-0.25, -0.2) is 0 Å². The summed E-state index contributed by atoms with van der Waals surface area (Å²) in [5, 5.41) is 3.31. The smallest absolute Gasteiger partial charge is 0.258 e. The molecule has 0 aliphatic carbocycles. The molecule has 2 heterocycles. The standard InChI is InChI=1S/C16H17N3O/c1-2-19(14-6-8-17-9-7-14)16(20)13-3-4-15-12(11-13)5-10-18-15/h3-4,6-9,11,18H,2,5,10H2,1H3. The van der Waals surface area contributed by atoms with Crippen molar-refractivity contribution in [1.82, 2.24) is 4.98 Å². The van der Waals surface area contributed by atoms with Crippen LogP contribution in [0.2, 0.25) is 0 Å². The minimum Gasteiger partial charge on any atom is -0.384 e. The van der Waals surface area contributed by atoms with Gasteiger partial charge in [-0.1, -0.05) is 0 Å². The predicted molar refractivity (Wildman–Crippen MR) is 80.2 cm³/mol. The zero-order valence-electron chi connectivity index (χ0n) is 11.5. The Bertz CT molecular complexity index is 625. The Balaban J connectivity index is 1.91. The van der Waals surface area contributed by atoms with E-state index in [0.29, 0.717) is 6.54 Å². The number of benzene rings is 1. The highest BCUT2D eigenvalue weighted by molar-refractivity contribution is 6.06. The second-order valence-corrected chi connectivity index (χ2v) is 4.80. The SMILES string of the molecule is CCN(C(=O)c1ccc2c(c1)CCN2)c1ccncc1. The van der Waals surface area contributed by atoms with Gasteiger partial charge in [0.15, 0.2) is 0 Å². The molecule has 0 radical (unpaired) electrons. The normalized spacial score (nSPS) is 12.7. The van der Waals surface area contributed by atoms with E-state index in [9.17, 15) is 4.79 Å². The highest BCUT2D eigenvalue weighted by atomic mass is 16.2. The molecular weight excluding hydrogens is 250 g/mol. The van der Waals surface area contributed by atoms with Crippen LogP contribution in [-0.2, 0) is 6.42 Å². The van der Waals surface area contributed by atoms with Crippen molar-refractivity contribution in [2.45, 2.75) is 13.3 Å². The largest absolute Gasteiger partial charge is 0.384 e. The van der Waals surface area contributed by atoms with E-state index < -0.39 is 0 Å². The molecular formula is C16H17N3O. The summed E-state index contributed by atoms with van der Waals surface area (Å²) in [5.41, 5.74) is 3.99. The molecule has 0 atom stereocenters. The highest BCUT2D eigenvalue weighted by Crippen LogP contribution is 2.24. The topological polar surface area (TPSA) is 45.2 Å². The third kappa shape index (κ3) is 2.25. The third-order valence-electron chi connectivity index (χ3n) is 3.60. The molecule has 0 fully saturated rings. The van der Waals surface area contributed by atoms with E-state index in [-0.39, 0.29) is 5.91 Å². The van der Waals surface area contributed by atoms with Crippen molar-refractivity contribution in [2.75, 3.05) is 23.3 Å². The van der Waals surface area contributed by atoms with Crippen LogP contribution in [0.15, 0.2) is 42.7 Å². The number of nitrogens with zero attached hydrogens (tertiary/aromatic N) is 2. The lowest BCUT2D eigenvalue weighted by atomic mass is 10.1. The van der Waals surface area contributed by atoms with Gasteiger partial charge in [0.05, 0.1) is 0 Å². The number of pyridine rings is 1.